The van der Waals surface area contributed by atoms with E-state index in [-0.39, 0.29) is 11.9 Å². The largest absolute Gasteiger partial charge is 0.481 e. The third kappa shape index (κ3) is 2.44. The van der Waals surface area contributed by atoms with E-state index in [1.807, 2.05) is 4.90 Å². The summed E-state index contributed by atoms with van der Waals surface area (Å²) in [6.45, 7) is 3.82. The van der Waals surface area contributed by atoms with Crippen LogP contribution in [0, 0.1) is 5.41 Å². The van der Waals surface area contributed by atoms with Crippen LogP contribution in [-0.4, -0.2) is 47.6 Å². The summed E-state index contributed by atoms with van der Waals surface area (Å²) in [4.78, 5) is 25.0. The predicted octanol–water partition coefficient (Wildman–Crippen LogP) is 0.452. The lowest BCUT2D eigenvalue weighted by Crippen LogP contribution is -2.50. The zero-order chi connectivity index (χ0) is 12.5. The molecule has 0 spiro atoms. The number of piperidine rings is 1. The van der Waals surface area contributed by atoms with Gasteiger partial charge in [-0.25, -0.2) is 0 Å². The molecule has 0 aliphatic carbocycles. The molecule has 0 radical (unpaired) electrons. The first kappa shape index (κ1) is 12.4. The lowest BCUT2D eigenvalue weighted by Gasteiger charge is -2.37. The molecular formula is C12H20N2O3. The maximum Gasteiger partial charge on any atom is 0.309 e. The molecule has 96 valence electrons. The maximum absolute atomic E-state index is 12.1. The van der Waals surface area contributed by atoms with Crippen molar-refractivity contribution in [2.45, 2.75) is 38.6 Å². The third-order valence-corrected chi connectivity index (χ3v) is 4.05. The number of likely N-dealkylation sites (tertiary alicyclic amines) is 1. The molecule has 2 rings (SSSR count). The summed E-state index contributed by atoms with van der Waals surface area (Å²) in [7, 11) is 0. The van der Waals surface area contributed by atoms with E-state index in [4.69, 9.17) is 5.11 Å². The molecule has 2 N–H and O–H groups in total. The van der Waals surface area contributed by atoms with E-state index in [1.54, 1.807) is 6.92 Å². The van der Waals surface area contributed by atoms with Gasteiger partial charge >= 0.3 is 5.97 Å². The summed E-state index contributed by atoms with van der Waals surface area (Å²) in [6.07, 6.45) is 3.07. The molecule has 1 amide bonds. The Kier molecular flexibility index (Phi) is 3.38. The van der Waals surface area contributed by atoms with Crippen LogP contribution in [-0.2, 0) is 9.59 Å². The number of carboxylic acids is 1. The second kappa shape index (κ2) is 4.64. The highest BCUT2D eigenvalue weighted by atomic mass is 16.4. The highest BCUT2D eigenvalue weighted by Crippen LogP contribution is 2.31. The van der Waals surface area contributed by atoms with E-state index in [0.717, 1.165) is 19.4 Å². The Morgan fingerprint density at radius 1 is 1.35 bits per heavy atom. The van der Waals surface area contributed by atoms with Crippen LogP contribution in [0.4, 0.5) is 0 Å². The van der Waals surface area contributed by atoms with Crippen LogP contribution in [0.2, 0.25) is 0 Å². The van der Waals surface area contributed by atoms with E-state index in [0.29, 0.717) is 25.9 Å². The molecule has 5 nitrogen and oxygen atoms in total. The summed E-state index contributed by atoms with van der Waals surface area (Å²) >= 11 is 0. The van der Waals surface area contributed by atoms with Gasteiger partial charge in [0, 0.05) is 13.1 Å². The first-order valence-electron chi connectivity index (χ1n) is 6.28. The second-order valence-electron chi connectivity index (χ2n) is 5.34. The van der Waals surface area contributed by atoms with Gasteiger partial charge in [-0.1, -0.05) is 0 Å². The van der Waals surface area contributed by atoms with Gasteiger partial charge in [0.05, 0.1) is 11.5 Å². The van der Waals surface area contributed by atoms with Gasteiger partial charge in [-0.2, -0.15) is 0 Å². The molecule has 2 fully saturated rings. The van der Waals surface area contributed by atoms with Crippen molar-refractivity contribution in [2.75, 3.05) is 19.6 Å². The number of hydrogen-bond acceptors (Lipinski definition) is 3. The molecule has 0 aromatic rings. The highest BCUT2D eigenvalue weighted by Gasteiger charge is 2.39. The number of amides is 1. The van der Waals surface area contributed by atoms with Crippen LogP contribution in [0.15, 0.2) is 0 Å². The molecule has 2 heterocycles. The molecule has 1 atom stereocenters. The quantitative estimate of drug-likeness (QED) is 0.735. The van der Waals surface area contributed by atoms with Crippen LogP contribution in [0.25, 0.3) is 0 Å². The van der Waals surface area contributed by atoms with Gasteiger partial charge in [-0.05, 0) is 39.2 Å². The summed E-state index contributed by atoms with van der Waals surface area (Å²) in [5.74, 6) is -0.599. The van der Waals surface area contributed by atoms with Gasteiger partial charge < -0.3 is 15.3 Å². The van der Waals surface area contributed by atoms with E-state index in [1.165, 1.54) is 0 Å². The van der Waals surface area contributed by atoms with Gasteiger partial charge in [-0.3, -0.25) is 9.59 Å². The number of nitrogens with one attached hydrogen (secondary N) is 1. The Morgan fingerprint density at radius 3 is 2.47 bits per heavy atom. The maximum atomic E-state index is 12.1. The van der Waals surface area contributed by atoms with Crippen molar-refractivity contribution >= 4 is 11.9 Å². The number of carboxylic acid groups (broad SMARTS) is 1. The highest BCUT2D eigenvalue weighted by molar-refractivity contribution is 5.83. The molecule has 0 saturated carbocycles. The summed E-state index contributed by atoms with van der Waals surface area (Å²) < 4.78 is 0. The average molecular weight is 240 g/mol. The van der Waals surface area contributed by atoms with E-state index in [2.05, 4.69) is 5.32 Å². The van der Waals surface area contributed by atoms with Crippen molar-refractivity contribution in [3.05, 3.63) is 0 Å². The first-order chi connectivity index (χ1) is 8.03. The lowest BCUT2D eigenvalue weighted by molar-refractivity contribution is -0.153. The minimum atomic E-state index is -0.747. The number of nitrogens with zero attached hydrogens (tertiary/aromatic N) is 1. The number of hydrogen-bond donors (Lipinski definition) is 2. The van der Waals surface area contributed by atoms with Crippen LogP contribution >= 0.6 is 0 Å². The Morgan fingerprint density at radius 2 is 2.00 bits per heavy atom. The third-order valence-electron chi connectivity index (χ3n) is 4.05. The molecule has 5 heteroatoms. The van der Waals surface area contributed by atoms with Crippen LogP contribution < -0.4 is 5.32 Å². The molecule has 17 heavy (non-hydrogen) atoms. The van der Waals surface area contributed by atoms with Crippen molar-refractivity contribution in [2.24, 2.45) is 5.41 Å². The SMILES string of the molecule is CC1(C(=O)O)CCN(C(=O)[C@H]2CCCN2)CC1. The predicted molar refractivity (Wildman–Crippen MR) is 62.6 cm³/mol. The monoisotopic (exact) mass is 240 g/mol. The van der Waals surface area contributed by atoms with E-state index < -0.39 is 11.4 Å². The molecule has 0 bridgehead atoms. The Labute approximate surface area is 101 Å². The van der Waals surface area contributed by atoms with E-state index >= 15 is 0 Å². The Balaban J connectivity index is 1.90. The van der Waals surface area contributed by atoms with Gasteiger partial charge in [0.15, 0.2) is 0 Å². The number of carbonyl (C=O) groups is 2. The molecule has 2 saturated heterocycles. The first-order valence-corrected chi connectivity index (χ1v) is 6.28. The van der Waals surface area contributed by atoms with Gasteiger partial charge in [0.25, 0.3) is 0 Å². The summed E-state index contributed by atoms with van der Waals surface area (Å²) in [6, 6.07) is -0.0378. The van der Waals surface area contributed by atoms with Crippen molar-refractivity contribution < 1.29 is 14.7 Å². The van der Waals surface area contributed by atoms with E-state index in [9.17, 15) is 9.59 Å². The van der Waals surface area contributed by atoms with Crippen molar-refractivity contribution in [3.8, 4) is 0 Å². The fourth-order valence-electron chi connectivity index (χ4n) is 2.55. The minimum Gasteiger partial charge on any atom is -0.481 e. The smallest absolute Gasteiger partial charge is 0.309 e. The number of carbonyl (C=O) groups excluding carboxylic acids is 1. The van der Waals surface area contributed by atoms with Gasteiger partial charge in [-0.15, -0.1) is 0 Å². The zero-order valence-corrected chi connectivity index (χ0v) is 10.2. The van der Waals surface area contributed by atoms with Crippen molar-refractivity contribution in [1.29, 1.82) is 0 Å². The fourth-order valence-corrected chi connectivity index (χ4v) is 2.55. The molecule has 0 aromatic heterocycles. The van der Waals surface area contributed by atoms with Crippen molar-refractivity contribution in [1.82, 2.24) is 10.2 Å². The van der Waals surface area contributed by atoms with Gasteiger partial charge in [0.2, 0.25) is 5.91 Å². The minimum absolute atomic E-state index is 0.0378. The second-order valence-corrected chi connectivity index (χ2v) is 5.34. The Bertz CT molecular complexity index is 316. The Hall–Kier alpha value is -1.10. The average Bonchev–Trinajstić information content (AvgIpc) is 2.82. The fraction of sp³-hybridized carbons (Fsp3) is 0.833. The topological polar surface area (TPSA) is 69.6 Å². The molecule has 0 aromatic carbocycles. The normalized spacial score (nSPS) is 28.1. The van der Waals surface area contributed by atoms with Crippen LogP contribution in [0.3, 0.4) is 0 Å². The van der Waals surface area contributed by atoms with Crippen LogP contribution in [0.5, 0.6) is 0 Å². The number of rotatable bonds is 2. The molecule has 2 aliphatic heterocycles. The molecular weight excluding hydrogens is 220 g/mol. The summed E-state index contributed by atoms with van der Waals surface area (Å²) in [5.41, 5.74) is -0.653. The standard InChI is InChI=1S/C12H20N2O3/c1-12(11(16)17)4-7-14(8-5-12)10(15)9-3-2-6-13-9/h9,13H,2-8H2,1H3,(H,16,17)/t9-/m1/s1. The lowest BCUT2D eigenvalue weighted by atomic mass is 9.80. The van der Waals surface area contributed by atoms with Gasteiger partial charge in [0.1, 0.15) is 0 Å². The molecule has 0 unspecified atom stereocenters. The molecule has 2 aliphatic rings. The number of aliphatic carboxylic acids is 1. The zero-order valence-electron chi connectivity index (χ0n) is 10.2. The summed E-state index contributed by atoms with van der Waals surface area (Å²) in [5, 5.41) is 12.3. The van der Waals surface area contributed by atoms with Crippen LogP contribution in [0.1, 0.15) is 32.6 Å². The van der Waals surface area contributed by atoms with Crippen molar-refractivity contribution in [3.63, 3.8) is 0 Å².